The van der Waals surface area contributed by atoms with Crippen LogP contribution in [0.4, 0.5) is 0 Å². The molecule has 194 valence electrons. The average molecular weight is 467 g/mol. The minimum atomic E-state index is -0.614. The van der Waals surface area contributed by atoms with Gasteiger partial charge in [-0.15, -0.1) is 0 Å². The topological polar surface area (TPSA) is 66.8 Å². The van der Waals surface area contributed by atoms with E-state index in [1.807, 2.05) is 13.8 Å². The second-order valence-corrected chi connectivity index (χ2v) is 12.6. The summed E-state index contributed by atoms with van der Waals surface area (Å²) in [7, 11) is 0. The Hall–Kier alpha value is -0.450. The van der Waals surface area contributed by atoms with Crippen LogP contribution in [0.3, 0.4) is 0 Å². The van der Waals surface area contributed by atoms with Crippen molar-refractivity contribution in [2.45, 2.75) is 149 Å². The summed E-state index contributed by atoms with van der Waals surface area (Å²) in [5.74, 6) is 2.30. The van der Waals surface area contributed by atoms with Gasteiger partial charge in [-0.05, 0) is 95.8 Å². The van der Waals surface area contributed by atoms with Gasteiger partial charge in [-0.25, -0.2) is 0 Å². The maximum Gasteiger partial charge on any atom is 0.132 e. The van der Waals surface area contributed by atoms with Crippen molar-refractivity contribution >= 4 is 5.78 Å². The van der Waals surface area contributed by atoms with E-state index < -0.39 is 5.60 Å². The van der Waals surface area contributed by atoms with Crippen LogP contribution in [0.25, 0.3) is 0 Å². The van der Waals surface area contributed by atoms with Gasteiger partial charge in [-0.1, -0.05) is 53.4 Å². The van der Waals surface area contributed by atoms with Gasteiger partial charge in [0.15, 0.2) is 0 Å². The zero-order chi connectivity index (χ0) is 24.8. The largest absolute Gasteiger partial charge is 0.393 e. The van der Waals surface area contributed by atoms with Crippen LogP contribution in [-0.2, 0) is 9.53 Å². The number of ether oxygens (including phenoxy) is 1. The lowest BCUT2D eigenvalue weighted by molar-refractivity contribution is -0.200. The van der Waals surface area contributed by atoms with Crippen molar-refractivity contribution in [3.05, 3.63) is 0 Å². The Labute approximate surface area is 204 Å². The van der Waals surface area contributed by atoms with Gasteiger partial charge in [0.25, 0.3) is 0 Å². The molecule has 0 amide bonds. The number of fused-ring (bicyclic) bond motifs is 1. The highest BCUT2D eigenvalue weighted by Crippen LogP contribution is 2.46. The van der Waals surface area contributed by atoms with E-state index in [1.165, 1.54) is 19.3 Å². The molecule has 1 aliphatic heterocycles. The quantitative estimate of drug-likeness (QED) is 0.317. The Morgan fingerprint density at radius 1 is 1.09 bits per heavy atom. The molecule has 0 spiro atoms. The molecular formula is C29H54O4. The normalized spacial score (nSPS) is 36.0. The molecule has 2 aliphatic rings. The molecule has 9 unspecified atom stereocenters. The molecule has 0 aromatic carbocycles. The Kier molecular flexibility index (Phi) is 10.9. The Bertz CT molecular complexity index is 600. The zero-order valence-electron chi connectivity index (χ0n) is 22.7. The van der Waals surface area contributed by atoms with E-state index in [2.05, 4.69) is 27.7 Å². The number of aliphatic hydroxyl groups excluding tert-OH is 1. The van der Waals surface area contributed by atoms with Crippen LogP contribution >= 0.6 is 0 Å². The lowest BCUT2D eigenvalue weighted by Crippen LogP contribution is -2.52. The predicted molar refractivity (Wildman–Crippen MR) is 136 cm³/mol. The first-order valence-corrected chi connectivity index (χ1v) is 13.9. The van der Waals surface area contributed by atoms with E-state index in [9.17, 15) is 15.0 Å². The Balaban J connectivity index is 1.64. The van der Waals surface area contributed by atoms with Gasteiger partial charge >= 0.3 is 0 Å². The van der Waals surface area contributed by atoms with Crippen LogP contribution < -0.4 is 0 Å². The van der Waals surface area contributed by atoms with Gasteiger partial charge in [0, 0.05) is 5.92 Å². The highest BCUT2D eigenvalue weighted by molar-refractivity contribution is 5.77. The minimum absolute atomic E-state index is 0.0160. The van der Waals surface area contributed by atoms with E-state index in [1.54, 1.807) is 6.92 Å². The molecule has 4 nitrogen and oxygen atoms in total. The molecule has 0 aromatic heterocycles. The molecule has 1 aliphatic carbocycles. The molecule has 33 heavy (non-hydrogen) atoms. The third-order valence-electron chi connectivity index (χ3n) is 9.29. The first kappa shape index (κ1) is 28.8. The molecule has 4 heteroatoms. The summed E-state index contributed by atoms with van der Waals surface area (Å²) >= 11 is 0. The minimum Gasteiger partial charge on any atom is -0.393 e. The van der Waals surface area contributed by atoms with Crippen molar-refractivity contribution in [1.82, 2.24) is 0 Å². The van der Waals surface area contributed by atoms with Gasteiger partial charge in [-0.3, -0.25) is 4.79 Å². The number of Topliss-reactive ketones (excluding diaryl/α,β-unsaturated/α-hetero) is 1. The van der Waals surface area contributed by atoms with Gasteiger partial charge in [-0.2, -0.15) is 0 Å². The summed E-state index contributed by atoms with van der Waals surface area (Å²) in [6, 6.07) is 0. The summed E-state index contributed by atoms with van der Waals surface area (Å²) in [5, 5.41) is 21.0. The van der Waals surface area contributed by atoms with Crippen LogP contribution in [0.5, 0.6) is 0 Å². The lowest BCUT2D eigenvalue weighted by atomic mass is 9.67. The van der Waals surface area contributed by atoms with Crippen molar-refractivity contribution in [3.63, 3.8) is 0 Å². The molecule has 9 atom stereocenters. The average Bonchev–Trinajstić information content (AvgIpc) is 2.72. The number of hydrogen-bond acceptors (Lipinski definition) is 4. The van der Waals surface area contributed by atoms with E-state index in [0.717, 1.165) is 57.8 Å². The fourth-order valence-electron chi connectivity index (χ4n) is 6.20. The van der Waals surface area contributed by atoms with E-state index >= 15 is 0 Å². The first-order valence-electron chi connectivity index (χ1n) is 13.9. The number of aliphatic hydroxyl groups is 2. The molecular weight excluding hydrogens is 412 g/mol. The number of ketones is 1. The molecule has 0 aromatic rings. The summed E-state index contributed by atoms with van der Waals surface area (Å²) in [4.78, 5) is 11.4. The fourth-order valence-corrected chi connectivity index (χ4v) is 6.20. The number of carbonyl (C=O) groups is 1. The molecule has 1 saturated carbocycles. The third kappa shape index (κ3) is 8.93. The predicted octanol–water partition coefficient (Wildman–Crippen LogP) is 6.70. The van der Waals surface area contributed by atoms with E-state index in [4.69, 9.17) is 4.74 Å². The zero-order valence-corrected chi connectivity index (χ0v) is 22.7. The molecule has 1 heterocycles. The number of hydrogen-bond donors (Lipinski definition) is 2. The SMILES string of the molecule is CC(=O)C(C)CCCC(C)(O)CCCC(C)CCCC1(C)CCC2CC(O)C(C)C(C)C2O1. The number of rotatable bonds is 13. The molecule has 2 rings (SSSR count). The maximum atomic E-state index is 11.4. The van der Waals surface area contributed by atoms with Crippen LogP contribution in [0.1, 0.15) is 126 Å². The maximum absolute atomic E-state index is 11.4. The van der Waals surface area contributed by atoms with E-state index in [-0.39, 0.29) is 23.4 Å². The number of carbonyl (C=O) groups excluding carboxylic acids is 1. The smallest absolute Gasteiger partial charge is 0.132 e. The molecule has 0 bridgehead atoms. The third-order valence-corrected chi connectivity index (χ3v) is 9.29. The summed E-state index contributed by atoms with van der Waals surface area (Å²) in [5.41, 5.74) is -0.630. The summed E-state index contributed by atoms with van der Waals surface area (Å²) < 4.78 is 6.72. The standard InChI is InChI=1S/C29H54O4/c1-20(11-8-15-28(6,32)16-10-13-21(2)24(5)30)12-9-17-29(7)18-14-25-19-26(31)22(3)23(4)27(25)33-29/h20-23,25-27,31-32H,8-19H2,1-7H3. The molecule has 1 saturated heterocycles. The van der Waals surface area contributed by atoms with Crippen LogP contribution in [0.2, 0.25) is 0 Å². The molecule has 2 N–H and O–H groups in total. The van der Waals surface area contributed by atoms with Crippen molar-refractivity contribution in [2.75, 3.05) is 0 Å². The highest BCUT2D eigenvalue weighted by Gasteiger charge is 2.46. The summed E-state index contributed by atoms with van der Waals surface area (Å²) in [6.45, 7) is 14.7. The van der Waals surface area contributed by atoms with Crippen LogP contribution in [0, 0.1) is 29.6 Å². The van der Waals surface area contributed by atoms with Crippen molar-refractivity contribution in [2.24, 2.45) is 29.6 Å². The molecule has 2 fully saturated rings. The molecule has 0 radical (unpaired) electrons. The second kappa shape index (κ2) is 12.5. The monoisotopic (exact) mass is 466 g/mol. The van der Waals surface area contributed by atoms with Gasteiger partial charge < -0.3 is 14.9 Å². The van der Waals surface area contributed by atoms with Crippen LogP contribution in [-0.4, -0.2) is 39.4 Å². The second-order valence-electron chi connectivity index (χ2n) is 12.6. The van der Waals surface area contributed by atoms with Crippen molar-refractivity contribution < 1.29 is 19.7 Å². The Morgan fingerprint density at radius 3 is 2.33 bits per heavy atom. The first-order chi connectivity index (χ1) is 15.3. The summed E-state index contributed by atoms with van der Waals surface area (Å²) in [6.07, 6.45) is 12.5. The Morgan fingerprint density at radius 2 is 1.70 bits per heavy atom. The lowest BCUT2D eigenvalue weighted by Gasteiger charge is -2.51. The van der Waals surface area contributed by atoms with Gasteiger partial charge in [0.05, 0.1) is 23.4 Å². The van der Waals surface area contributed by atoms with Gasteiger partial charge in [0.1, 0.15) is 5.78 Å². The van der Waals surface area contributed by atoms with Crippen molar-refractivity contribution in [1.29, 1.82) is 0 Å². The van der Waals surface area contributed by atoms with E-state index in [0.29, 0.717) is 29.8 Å². The van der Waals surface area contributed by atoms with Crippen molar-refractivity contribution in [3.8, 4) is 0 Å². The fraction of sp³-hybridized carbons (Fsp3) is 0.966. The van der Waals surface area contributed by atoms with Crippen LogP contribution in [0.15, 0.2) is 0 Å². The van der Waals surface area contributed by atoms with Gasteiger partial charge in [0.2, 0.25) is 0 Å². The highest BCUT2D eigenvalue weighted by atomic mass is 16.5.